The molecule has 0 saturated carbocycles. The molecule has 5 heteroatoms. The third-order valence-corrected chi connectivity index (χ3v) is 2.87. The smallest absolute Gasteiger partial charge is 0.250 e. The summed E-state index contributed by atoms with van der Waals surface area (Å²) in [5.74, 6) is -0.0822. The van der Waals surface area contributed by atoms with Gasteiger partial charge in [0.1, 0.15) is 0 Å². The van der Waals surface area contributed by atoms with E-state index in [2.05, 4.69) is 31.9 Å². The molecule has 0 rings (SSSR count). The maximum absolute atomic E-state index is 11.3. The van der Waals surface area contributed by atoms with Crippen LogP contribution in [0.4, 0.5) is 0 Å². The molecule has 66 valence electrons. The largest absolute Gasteiger partial charge is 0.275 e. The molecule has 0 saturated heterocycles. The molecule has 0 aliphatic carbocycles. The number of nitrogens with zero attached hydrogens (tertiary/aromatic N) is 1. The highest BCUT2D eigenvalue weighted by molar-refractivity contribution is 9.09. The first-order valence-electron chi connectivity index (χ1n) is 3.11. The molecule has 0 aliphatic heterocycles. The fraction of sp³-hybridized carbons (Fsp3) is 0.833. The minimum atomic E-state index is -0.0556. The second-order valence-electron chi connectivity index (χ2n) is 2.02. The predicted octanol–water partition coefficient (Wildman–Crippen LogP) is 1.41. The monoisotopic (exact) mass is 287 g/mol. The van der Waals surface area contributed by atoms with Crippen LogP contribution in [0.2, 0.25) is 0 Å². The molecule has 0 N–H and O–H groups in total. The highest BCUT2D eigenvalue weighted by Gasteiger charge is 2.19. The molecule has 0 fully saturated rings. The third kappa shape index (κ3) is 3.53. The van der Waals surface area contributed by atoms with Crippen molar-refractivity contribution < 1.29 is 9.63 Å². The lowest BCUT2D eigenvalue weighted by atomic mass is 10.2. The number of alkyl halides is 2. The van der Waals surface area contributed by atoms with Crippen LogP contribution in [-0.2, 0) is 9.63 Å². The number of halogens is 2. The zero-order valence-electron chi connectivity index (χ0n) is 6.51. The Balaban J connectivity index is 3.97. The summed E-state index contributed by atoms with van der Waals surface area (Å²) >= 11 is 6.48. The second-order valence-corrected chi connectivity index (χ2v) is 3.32. The SMILES string of the molecule is CON(C)C(=O)C(CBr)CBr. The van der Waals surface area contributed by atoms with Gasteiger partial charge in [0.05, 0.1) is 13.0 Å². The highest BCUT2D eigenvalue weighted by atomic mass is 79.9. The normalized spacial score (nSPS) is 10.3. The van der Waals surface area contributed by atoms with Crippen LogP contribution in [0, 0.1) is 5.92 Å². The Morgan fingerprint density at radius 1 is 1.55 bits per heavy atom. The first-order chi connectivity index (χ1) is 5.17. The molecule has 0 atom stereocenters. The first kappa shape index (κ1) is 11.4. The van der Waals surface area contributed by atoms with Gasteiger partial charge in [0.15, 0.2) is 0 Å². The van der Waals surface area contributed by atoms with Gasteiger partial charge in [-0.15, -0.1) is 0 Å². The molecular formula is C6H11Br2NO2. The molecule has 11 heavy (non-hydrogen) atoms. The Hall–Kier alpha value is 0.390. The van der Waals surface area contributed by atoms with Crippen LogP contribution in [0.25, 0.3) is 0 Å². The van der Waals surface area contributed by atoms with Crippen molar-refractivity contribution >= 4 is 37.8 Å². The second kappa shape index (κ2) is 5.97. The van der Waals surface area contributed by atoms with Crippen LogP contribution in [0.3, 0.4) is 0 Å². The lowest BCUT2D eigenvalue weighted by Crippen LogP contribution is -2.33. The van der Waals surface area contributed by atoms with Crippen molar-refractivity contribution in [3.8, 4) is 0 Å². The Morgan fingerprint density at radius 2 is 2.00 bits per heavy atom. The Labute approximate surface area is 83.3 Å². The van der Waals surface area contributed by atoms with E-state index in [1.54, 1.807) is 7.05 Å². The molecule has 0 aliphatic rings. The molecule has 1 amide bonds. The summed E-state index contributed by atoms with van der Waals surface area (Å²) in [4.78, 5) is 16.0. The van der Waals surface area contributed by atoms with Gasteiger partial charge >= 0.3 is 0 Å². The molecule has 0 unspecified atom stereocenters. The van der Waals surface area contributed by atoms with E-state index in [0.717, 1.165) is 0 Å². The molecule has 0 aromatic carbocycles. The van der Waals surface area contributed by atoms with E-state index >= 15 is 0 Å². The zero-order valence-corrected chi connectivity index (χ0v) is 9.68. The number of hydrogen-bond acceptors (Lipinski definition) is 2. The maximum atomic E-state index is 11.3. The van der Waals surface area contributed by atoms with Crippen LogP contribution in [-0.4, -0.2) is 35.8 Å². The highest BCUT2D eigenvalue weighted by Crippen LogP contribution is 2.08. The van der Waals surface area contributed by atoms with Crippen molar-refractivity contribution in [2.24, 2.45) is 5.92 Å². The van der Waals surface area contributed by atoms with Crippen LogP contribution < -0.4 is 0 Å². The molecule has 0 radical (unpaired) electrons. The summed E-state index contributed by atoms with van der Waals surface area (Å²) in [5.41, 5.74) is 0. The van der Waals surface area contributed by atoms with Gasteiger partial charge in [0, 0.05) is 17.7 Å². The molecule has 0 heterocycles. The molecule has 0 aromatic rings. The standard InChI is InChI=1S/C6H11Br2NO2/c1-9(11-2)6(10)5(3-7)4-8/h5H,3-4H2,1-2H3. The van der Waals surface area contributed by atoms with E-state index in [1.165, 1.54) is 12.2 Å². The lowest BCUT2D eigenvalue weighted by Gasteiger charge is -2.18. The van der Waals surface area contributed by atoms with E-state index in [9.17, 15) is 4.79 Å². The van der Waals surface area contributed by atoms with Crippen molar-refractivity contribution in [3.63, 3.8) is 0 Å². The Bertz CT molecular complexity index is 128. The van der Waals surface area contributed by atoms with Gasteiger partial charge in [-0.05, 0) is 0 Å². The summed E-state index contributed by atoms with van der Waals surface area (Å²) in [7, 11) is 3.07. The van der Waals surface area contributed by atoms with Gasteiger partial charge < -0.3 is 0 Å². The minimum Gasteiger partial charge on any atom is -0.275 e. The van der Waals surface area contributed by atoms with Crippen molar-refractivity contribution in [1.82, 2.24) is 5.06 Å². The average molecular weight is 289 g/mol. The van der Waals surface area contributed by atoms with Crippen LogP contribution in [0.15, 0.2) is 0 Å². The number of hydrogen-bond donors (Lipinski definition) is 0. The summed E-state index contributed by atoms with van der Waals surface area (Å²) in [6.07, 6.45) is 0. The van der Waals surface area contributed by atoms with Crippen LogP contribution >= 0.6 is 31.9 Å². The summed E-state index contributed by atoms with van der Waals surface area (Å²) in [6.45, 7) is 0. The number of hydroxylamine groups is 2. The predicted molar refractivity (Wildman–Crippen MR) is 50.9 cm³/mol. The summed E-state index contributed by atoms with van der Waals surface area (Å²) < 4.78 is 0. The van der Waals surface area contributed by atoms with E-state index in [0.29, 0.717) is 10.7 Å². The molecular weight excluding hydrogens is 278 g/mol. The van der Waals surface area contributed by atoms with E-state index in [-0.39, 0.29) is 11.8 Å². The number of carbonyl (C=O) groups is 1. The molecule has 0 aromatic heterocycles. The molecule has 0 spiro atoms. The maximum Gasteiger partial charge on any atom is 0.250 e. The average Bonchev–Trinajstić information content (AvgIpc) is 2.05. The van der Waals surface area contributed by atoms with Gasteiger partial charge in [0.25, 0.3) is 5.91 Å². The summed E-state index contributed by atoms with van der Waals surface area (Å²) in [5, 5.41) is 2.52. The van der Waals surface area contributed by atoms with E-state index in [4.69, 9.17) is 4.84 Å². The van der Waals surface area contributed by atoms with Gasteiger partial charge in [-0.2, -0.15) is 0 Å². The van der Waals surface area contributed by atoms with E-state index in [1.807, 2.05) is 0 Å². The van der Waals surface area contributed by atoms with Crippen molar-refractivity contribution in [3.05, 3.63) is 0 Å². The van der Waals surface area contributed by atoms with E-state index < -0.39 is 0 Å². The number of amides is 1. The molecule has 3 nitrogen and oxygen atoms in total. The topological polar surface area (TPSA) is 29.5 Å². The molecule has 0 bridgehead atoms. The van der Waals surface area contributed by atoms with Crippen molar-refractivity contribution in [1.29, 1.82) is 0 Å². The fourth-order valence-corrected chi connectivity index (χ4v) is 2.15. The minimum absolute atomic E-state index is 0.0266. The lowest BCUT2D eigenvalue weighted by molar-refractivity contribution is -0.171. The van der Waals surface area contributed by atoms with Gasteiger partial charge in [-0.1, -0.05) is 31.9 Å². The van der Waals surface area contributed by atoms with Gasteiger partial charge in [0.2, 0.25) is 0 Å². The van der Waals surface area contributed by atoms with Crippen molar-refractivity contribution in [2.45, 2.75) is 0 Å². The van der Waals surface area contributed by atoms with Gasteiger partial charge in [-0.3, -0.25) is 9.63 Å². The Kier molecular flexibility index (Phi) is 6.18. The fourth-order valence-electron chi connectivity index (χ4n) is 0.520. The summed E-state index contributed by atoms with van der Waals surface area (Å²) in [6, 6.07) is 0. The first-order valence-corrected chi connectivity index (χ1v) is 5.35. The number of carbonyl (C=O) groups excluding carboxylic acids is 1. The van der Waals surface area contributed by atoms with Crippen LogP contribution in [0.5, 0.6) is 0 Å². The van der Waals surface area contributed by atoms with Gasteiger partial charge in [-0.25, -0.2) is 5.06 Å². The quantitative estimate of drug-likeness (QED) is 0.578. The Morgan fingerprint density at radius 3 is 2.27 bits per heavy atom. The van der Waals surface area contributed by atoms with Crippen molar-refractivity contribution in [2.75, 3.05) is 24.8 Å². The number of rotatable bonds is 4. The zero-order chi connectivity index (χ0) is 8.85. The van der Waals surface area contributed by atoms with Crippen LogP contribution in [0.1, 0.15) is 0 Å². The third-order valence-electron chi connectivity index (χ3n) is 1.31.